The van der Waals surface area contributed by atoms with Gasteiger partial charge in [-0.2, -0.15) is 4.31 Å². The summed E-state index contributed by atoms with van der Waals surface area (Å²) in [4.78, 5) is 28.0. The lowest BCUT2D eigenvalue weighted by molar-refractivity contribution is -0.128. The predicted molar refractivity (Wildman–Crippen MR) is 151 cm³/mol. The highest BCUT2D eigenvalue weighted by Gasteiger charge is 2.34. The van der Waals surface area contributed by atoms with Crippen LogP contribution in [0.25, 0.3) is 0 Å². The third-order valence-corrected chi connectivity index (χ3v) is 9.02. The molecule has 1 N–H and O–H groups in total. The van der Waals surface area contributed by atoms with Gasteiger partial charge in [0.1, 0.15) is 11.5 Å². The number of nitrogens with one attached hydrogen (secondary N) is 1. The summed E-state index contributed by atoms with van der Waals surface area (Å²) in [5.74, 6) is 0.226. The fourth-order valence-electron chi connectivity index (χ4n) is 4.93. The van der Waals surface area contributed by atoms with Crippen LogP contribution in [0.3, 0.4) is 0 Å². The molecule has 3 aromatic carbocycles. The van der Waals surface area contributed by atoms with Gasteiger partial charge in [0.05, 0.1) is 17.1 Å². The van der Waals surface area contributed by atoms with Gasteiger partial charge in [0, 0.05) is 19.6 Å². The summed E-state index contributed by atoms with van der Waals surface area (Å²) < 4.78 is 39.0. The molecule has 2 aliphatic heterocycles. The Morgan fingerprint density at radius 2 is 1.73 bits per heavy atom. The smallest absolute Gasteiger partial charge is 0.265 e. The van der Waals surface area contributed by atoms with E-state index < -0.39 is 16.1 Å². The van der Waals surface area contributed by atoms with Crippen molar-refractivity contribution in [2.24, 2.45) is 0 Å². The number of rotatable bonds is 9. The number of carbonyl (C=O) groups is 2. The molecule has 0 bridgehead atoms. The van der Waals surface area contributed by atoms with Crippen LogP contribution in [-0.2, 0) is 26.0 Å². The minimum absolute atomic E-state index is 0.0440. The van der Waals surface area contributed by atoms with E-state index in [1.165, 1.54) is 15.3 Å². The lowest BCUT2D eigenvalue weighted by Crippen LogP contribution is -2.52. The van der Waals surface area contributed by atoms with Crippen LogP contribution < -0.4 is 19.7 Å². The normalized spacial score (nSPS) is 17.1. The standard InChI is InChI=1S/C30H33N3O6S/c1-22-19-24(40(36,37)32-17-7-8-18-32)13-14-26(22)38-21-29(34)33-20-28(39-27-12-6-5-11-25(27)33)30(35)31-16-15-23-9-3-2-4-10-23/h2-6,9-14,19,28H,7-8,15-18,20-21H2,1H3,(H,31,35)/t28-/m1/s1. The van der Waals surface area contributed by atoms with Crippen LogP contribution in [0.4, 0.5) is 5.69 Å². The van der Waals surface area contributed by atoms with Gasteiger partial charge in [0.25, 0.3) is 11.8 Å². The van der Waals surface area contributed by atoms with Crippen molar-refractivity contribution in [2.75, 3.05) is 37.7 Å². The number of aryl methyl sites for hydroxylation is 1. The summed E-state index contributed by atoms with van der Waals surface area (Å²) in [6.07, 6.45) is 1.54. The Kier molecular flexibility index (Phi) is 8.37. The minimum atomic E-state index is -3.55. The van der Waals surface area contributed by atoms with E-state index in [0.29, 0.717) is 48.8 Å². The number of amides is 2. The van der Waals surface area contributed by atoms with Crippen molar-refractivity contribution >= 4 is 27.5 Å². The Bertz CT molecular complexity index is 1470. The van der Waals surface area contributed by atoms with Crippen molar-refractivity contribution in [1.82, 2.24) is 9.62 Å². The van der Waals surface area contributed by atoms with Gasteiger partial charge in [-0.05, 0) is 67.6 Å². The lowest BCUT2D eigenvalue weighted by atomic mass is 10.1. The van der Waals surface area contributed by atoms with E-state index >= 15 is 0 Å². The maximum Gasteiger partial charge on any atom is 0.265 e. The van der Waals surface area contributed by atoms with Gasteiger partial charge in [-0.3, -0.25) is 9.59 Å². The topological polar surface area (TPSA) is 105 Å². The minimum Gasteiger partial charge on any atom is -0.483 e. The average molecular weight is 564 g/mol. The fourth-order valence-corrected chi connectivity index (χ4v) is 6.54. The van der Waals surface area contributed by atoms with Crippen LogP contribution in [0.1, 0.15) is 24.0 Å². The van der Waals surface area contributed by atoms with E-state index in [1.54, 1.807) is 43.3 Å². The number of carbonyl (C=O) groups excluding carboxylic acids is 2. The van der Waals surface area contributed by atoms with Crippen molar-refractivity contribution in [2.45, 2.75) is 37.2 Å². The first-order valence-corrected chi connectivity index (χ1v) is 14.9. The highest BCUT2D eigenvalue weighted by Crippen LogP contribution is 2.33. The molecule has 0 unspecified atom stereocenters. The van der Waals surface area contributed by atoms with Crippen LogP contribution in [0.2, 0.25) is 0 Å². The largest absolute Gasteiger partial charge is 0.483 e. The molecular weight excluding hydrogens is 530 g/mol. The van der Waals surface area contributed by atoms with Crippen LogP contribution in [0, 0.1) is 6.92 Å². The van der Waals surface area contributed by atoms with E-state index in [2.05, 4.69) is 5.32 Å². The number of para-hydroxylation sites is 2. The summed E-state index contributed by atoms with van der Waals surface area (Å²) in [7, 11) is -3.55. The van der Waals surface area contributed by atoms with E-state index in [-0.39, 0.29) is 29.9 Å². The second-order valence-corrected chi connectivity index (χ2v) is 11.9. The maximum atomic E-state index is 13.3. The van der Waals surface area contributed by atoms with E-state index in [4.69, 9.17) is 9.47 Å². The Hall–Kier alpha value is -3.89. The molecule has 10 heteroatoms. The molecule has 2 amide bonds. The summed E-state index contributed by atoms with van der Waals surface area (Å²) in [6.45, 7) is 3.02. The first kappa shape index (κ1) is 27.7. The van der Waals surface area contributed by atoms with Gasteiger partial charge in [-0.1, -0.05) is 42.5 Å². The fraction of sp³-hybridized carbons (Fsp3) is 0.333. The first-order valence-electron chi connectivity index (χ1n) is 13.4. The van der Waals surface area contributed by atoms with Gasteiger partial charge in [0.2, 0.25) is 10.0 Å². The van der Waals surface area contributed by atoms with Gasteiger partial charge in [-0.15, -0.1) is 0 Å². The van der Waals surface area contributed by atoms with Crippen LogP contribution >= 0.6 is 0 Å². The van der Waals surface area contributed by atoms with Crippen molar-refractivity contribution in [1.29, 1.82) is 0 Å². The third-order valence-electron chi connectivity index (χ3n) is 7.12. The van der Waals surface area contributed by atoms with Gasteiger partial charge < -0.3 is 19.7 Å². The molecule has 40 heavy (non-hydrogen) atoms. The Morgan fingerprint density at radius 3 is 2.48 bits per heavy atom. The zero-order valence-electron chi connectivity index (χ0n) is 22.4. The number of ether oxygens (including phenoxy) is 2. The van der Waals surface area contributed by atoms with Crippen LogP contribution in [0.5, 0.6) is 11.5 Å². The molecule has 2 aliphatic rings. The number of nitrogens with zero attached hydrogens (tertiary/aromatic N) is 2. The summed E-state index contributed by atoms with van der Waals surface area (Å²) >= 11 is 0. The number of benzene rings is 3. The Morgan fingerprint density at radius 1 is 1.00 bits per heavy atom. The van der Waals surface area contributed by atoms with Crippen molar-refractivity contribution in [3.05, 3.63) is 83.9 Å². The molecule has 0 radical (unpaired) electrons. The van der Waals surface area contributed by atoms with Crippen molar-refractivity contribution < 1.29 is 27.5 Å². The lowest BCUT2D eigenvalue weighted by Gasteiger charge is -2.34. The Labute approximate surface area is 234 Å². The molecule has 210 valence electrons. The van der Waals surface area contributed by atoms with E-state index in [9.17, 15) is 18.0 Å². The summed E-state index contributed by atoms with van der Waals surface area (Å²) in [5.41, 5.74) is 2.29. The molecule has 9 nitrogen and oxygen atoms in total. The SMILES string of the molecule is Cc1cc(S(=O)(=O)N2CCCC2)ccc1OCC(=O)N1C[C@H](C(=O)NCCc2ccccc2)Oc2ccccc21. The second-order valence-electron chi connectivity index (χ2n) is 9.93. The Balaban J connectivity index is 1.23. The molecule has 0 aromatic heterocycles. The molecule has 1 atom stereocenters. The maximum absolute atomic E-state index is 13.3. The molecule has 0 aliphatic carbocycles. The first-order chi connectivity index (χ1) is 19.3. The zero-order valence-corrected chi connectivity index (χ0v) is 23.2. The monoisotopic (exact) mass is 563 g/mol. The van der Waals surface area contributed by atoms with Crippen molar-refractivity contribution in [3.63, 3.8) is 0 Å². The average Bonchev–Trinajstić information content (AvgIpc) is 3.52. The number of sulfonamides is 1. The summed E-state index contributed by atoms with van der Waals surface area (Å²) in [6, 6.07) is 21.6. The number of anilines is 1. The molecule has 2 heterocycles. The predicted octanol–water partition coefficient (Wildman–Crippen LogP) is 3.31. The highest BCUT2D eigenvalue weighted by atomic mass is 32.2. The quantitative estimate of drug-likeness (QED) is 0.428. The molecular formula is C30H33N3O6S. The van der Waals surface area contributed by atoms with E-state index in [0.717, 1.165) is 18.4 Å². The molecule has 1 saturated heterocycles. The number of hydrogen-bond donors (Lipinski definition) is 1. The zero-order chi connectivity index (χ0) is 28.1. The van der Waals surface area contributed by atoms with Crippen molar-refractivity contribution in [3.8, 4) is 11.5 Å². The molecule has 0 spiro atoms. The number of hydrogen-bond acceptors (Lipinski definition) is 6. The molecule has 5 rings (SSSR count). The molecule has 0 saturated carbocycles. The van der Waals surface area contributed by atoms with Gasteiger partial charge >= 0.3 is 0 Å². The van der Waals surface area contributed by atoms with Crippen LogP contribution in [-0.4, -0.2) is 63.4 Å². The van der Waals surface area contributed by atoms with Crippen LogP contribution in [0.15, 0.2) is 77.7 Å². The van der Waals surface area contributed by atoms with Gasteiger partial charge in [-0.25, -0.2) is 8.42 Å². The van der Waals surface area contributed by atoms with E-state index in [1.807, 2.05) is 30.3 Å². The van der Waals surface area contributed by atoms with Gasteiger partial charge in [0.15, 0.2) is 12.7 Å². The highest BCUT2D eigenvalue weighted by molar-refractivity contribution is 7.89. The second kappa shape index (κ2) is 12.1. The summed E-state index contributed by atoms with van der Waals surface area (Å²) in [5, 5.41) is 2.91. The molecule has 1 fully saturated rings. The number of fused-ring (bicyclic) bond motifs is 1. The third kappa shape index (κ3) is 6.13. The molecule has 3 aromatic rings.